The van der Waals surface area contributed by atoms with Gasteiger partial charge in [-0.3, -0.25) is 0 Å². The SMILES string of the molecule is CN(C)CCNc1cc(-c2ccccc2)nc(Nc2ccc(N(C)C)cc2)n1. The Morgan fingerprint density at radius 3 is 2.21 bits per heavy atom. The summed E-state index contributed by atoms with van der Waals surface area (Å²) in [6.07, 6.45) is 0. The Morgan fingerprint density at radius 2 is 1.57 bits per heavy atom. The molecule has 1 aromatic heterocycles. The van der Waals surface area contributed by atoms with Crippen LogP contribution in [-0.4, -0.2) is 56.1 Å². The molecule has 28 heavy (non-hydrogen) atoms. The first-order valence-corrected chi connectivity index (χ1v) is 9.39. The normalized spacial score (nSPS) is 10.8. The summed E-state index contributed by atoms with van der Waals surface area (Å²) in [4.78, 5) is 13.6. The predicted molar refractivity (Wildman–Crippen MR) is 119 cm³/mol. The Hall–Kier alpha value is -3.12. The number of aromatic nitrogens is 2. The van der Waals surface area contributed by atoms with Crippen LogP contribution >= 0.6 is 0 Å². The molecule has 6 nitrogen and oxygen atoms in total. The molecule has 6 heteroatoms. The molecule has 0 unspecified atom stereocenters. The summed E-state index contributed by atoms with van der Waals surface area (Å²) in [6, 6.07) is 20.4. The lowest BCUT2D eigenvalue weighted by molar-refractivity contribution is 0.425. The monoisotopic (exact) mass is 376 g/mol. The van der Waals surface area contributed by atoms with E-state index < -0.39 is 0 Å². The molecule has 0 fully saturated rings. The van der Waals surface area contributed by atoms with E-state index in [1.165, 1.54) is 0 Å². The summed E-state index contributed by atoms with van der Waals surface area (Å²) in [6.45, 7) is 1.74. The first-order valence-electron chi connectivity index (χ1n) is 9.39. The van der Waals surface area contributed by atoms with Crippen LogP contribution in [0, 0.1) is 0 Å². The largest absolute Gasteiger partial charge is 0.378 e. The molecule has 0 saturated carbocycles. The van der Waals surface area contributed by atoms with Gasteiger partial charge in [-0.05, 0) is 38.4 Å². The Kier molecular flexibility index (Phi) is 6.45. The second kappa shape index (κ2) is 9.19. The number of likely N-dealkylation sites (N-methyl/N-ethyl adjacent to an activating group) is 1. The second-order valence-corrected chi connectivity index (χ2v) is 7.12. The van der Waals surface area contributed by atoms with Crippen LogP contribution in [0.1, 0.15) is 0 Å². The van der Waals surface area contributed by atoms with Crippen molar-refractivity contribution in [3.63, 3.8) is 0 Å². The summed E-state index contributed by atoms with van der Waals surface area (Å²) in [7, 11) is 8.17. The lowest BCUT2D eigenvalue weighted by Gasteiger charge is -2.15. The van der Waals surface area contributed by atoms with Crippen LogP contribution in [0.15, 0.2) is 60.7 Å². The van der Waals surface area contributed by atoms with E-state index in [9.17, 15) is 0 Å². The number of hydrogen-bond acceptors (Lipinski definition) is 6. The maximum Gasteiger partial charge on any atom is 0.229 e. The molecular weight excluding hydrogens is 348 g/mol. The van der Waals surface area contributed by atoms with Crippen molar-refractivity contribution in [2.75, 3.05) is 56.8 Å². The topological polar surface area (TPSA) is 56.3 Å². The molecule has 0 aliphatic carbocycles. The lowest BCUT2D eigenvalue weighted by atomic mass is 10.1. The standard InChI is InChI=1S/C22H28N6/c1-27(2)15-14-23-21-16-20(17-8-6-5-7-9-17)25-22(26-21)24-18-10-12-19(13-11-18)28(3)4/h5-13,16H,14-15H2,1-4H3,(H2,23,24,25,26). The number of nitrogens with zero attached hydrogens (tertiary/aromatic N) is 4. The fourth-order valence-electron chi connectivity index (χ4n) is 2.73. The molecule has 146 valence electrons. The molecule has 3 rings (SSSR count). The quantitative estimate of drug-likeness (QED) is 0.621. The molecular formula is C22H28N6. The minimum Gasteiger partial charge on any atom is -0.378 e. The predicted octanol–water partition coefficient (Wildman–Crippen LogP) is 3.93. The molecule has 0 saturated heterocycles. The number of benzene rings is 2. The van der Waals surface area contributed by atoms with Crippen LogP contribution in [0.2, 0.25) is 0 Å². The van der Waals surface area contributed by atoms with Gasteiger partial charge in [-0.25, -0.2) is 4.98 Å². The van der Waals surface area contributed by atoms with Crippen molar-refractivity contribution in [2.24, 2.45) is 0 Å². The molecule has 0 aliphatic heterocycles. The fraction of sp³-hybridized carbons (Fsp3) is 0.273. The van der Waals surface area contributed by atoms with E-state index >= 15 is 0 Å². The summed E-state index contributed by atoms with van der Waals surface area (Å²) in [5.41, 5.74) is 4.05. The molecule has 0 amide bonds. The van der Waals surface area contributed by atoms with E-state index in [0.29, 0.717) is 5.95 Å². The minimum atomic E-state index is 0.575. The molecule has 3 aromatic rings. The molecule has 0 bridgehead atoms. The van der Waals surface area contributed by atoms with Crippen molar-refractivity contribution in [2.45, 2.75) is 0 Å². The van der Waals surface area contributed by atoms with Gasteiger partial charge in [0.05, 0.1) is 5.69 Å². The third-order valence-electron chi connectivity index (χ3n) is 4.30. The van der Waals surface area contributed by atoms with Crippen molar-refractivity contribution >= 4 is 23.1 Å². The van der Waals surface area contributed by atoms with E-state index in [1.807, 2.05) is 50.5 Å². The van der Waals surface area contributed by atoms with Gasteiger partial charge in [0.15, 0.2) is 0 Å². The van der Waals surface area contributed by atoms with Crippen molar-refractivity contribution in [3.8, 4) is 11.3 Å². The third kappa shape index (κ3) is 5.44. The van der Waals surface area contributed by atoms with Crippen molar-refractivity contribution < 1.29 is 0 Å². The highest BCUT2D eigenvalue weighted by molar-refractivity contribution is 5.66. The second-order valence-electron chi connectivity index (χ2n) is 7.12. The maximum atomic E-state index is 4.72. The summed E-state index contributed by atoms with van der Waals surface area (Å²) in [5.74, 6) is 1.38. The van der Waals surface area contributed by atoms with Crippen LogP contribution in [0.4, 0.5) is 23.1 Å². The highest BCUT2D eigenvalue weighted by Crippen LogP contribution is 2.24. The minimum absolute atomic E-state index is 0.575. The highest BCUT2D eigenvalue weighted by Gasteiger charge is 2.08. The molecule has 0 atom stereocenters. The average Bonchev–Trinajstić information content (AvgIpc) is 2.68. The van der Waals surface area contributed by atoms with Crippen molar-refractivity contribution in [3.05, 3.63) is 60.7 Å². The highest BCUT2D eigenvalue weighted by atomic mass is 15.2. The Balaban J connectivity index is 1.85. The van der Waals surface area contributed by atoms with E-state index in [2.05, 4.69) is 63.8 Å². The molecule has 2 aromatic carbocycles. The van der Waals surface area contributed by atoms with Crippen molar-refractivity contribution in [1.29, 1.82) is 0 Å². The van der Waals surface area contributed by atoms with Gasteiger partial charge in [-0.1, -0.05) is 30.3 Å². The smallest absolute Gasteiger partial charge is 0.229 e. The number of nitrogens with one attached hydrogen (secondary N) is 2. The Bertz CT molecular complexity index is 875. The Morgan fingerprint density at radius 1 is 0.857 bits per heavy atom. The van der Waals surface area contributed by atoms with Gasteiger partial charge in [0.25, 0.3) is 0 Å². The van der Waals surface area contributed by atoms with Gasteiger partial charge in [-0.2, -0.15) is 4.98 Å². The van der Waals surface area contributed by atoms with Crippen LogP contribution in [0.25, 0.3) is 11.3 Å². The number of rotatable bonds is 8. The lowest BCUT2D eigenvalue weighted by Crippen LogP contribution is -2.21. The van der Waals surface area contributed by atoms with Crippen LogP contribution in [0.5, 0.6) is 0 Å². The van der Waals surface area contributed by atoms with Crippen LogP contribution < -0.4 is 15.5 Å². The van der Waals surface area contributed by atoms with Crippen LogP contribution in [-0.2, 0) is 0 Å². The zero-order valence-electron chi connectivity index (χ0n) is 17.0. The van der Waals surface area contributed by atoms with Gasteiger partial charge in [-0.15, -0.1) is 0 Å². The van der Waals surface area contributed by atoms with Gasteiger partial charge < -0.3 is 20.4 Å². The Labute approximate surface area is 167 Å². The van der Waals surface area contributed by atoms with Gasteiger partial charge in [0.1, 0.15) is 5.82 Å². The zero-order chi connectivity index (χ0) is 19.9. The van der Waals surface area contributed by atoms with Gasteiger partial charge in [0, 0.05) is 50.2 Å². The van der Waals surface area contributed by atoms with E-state index in [4.69, 9.17) is 4.98 Å². The molecule has 1 heterocycles. The zero-order valence-corrected chi connectivity index (χ0v) is 17.0. The fourth-order valence-corrected chi connectivity index (χ4v) is 2.73. The van der Waals surface area contributed by atoms with Crippen LogP contribution in [0.3, 0.4) is 0 Å². The molecule has 2 N–H and O–H groups in total. The van der Waals surface area contributed by atoms with Crippen molar-refractivity contribution in [1.82, 2.24) is 14.9 Å². The molecule has 0 aliphatic rings. The maximum absolute atomic E-state index is 4.72. The van der Waals surface area contributed by atoms with Gasteiger partial charge in [0.2, 0.25) is 5.95 Å². The summed E-state index contributed by atoms with van der Waals surface area (Å²) >= 11 is 0. The van der Waals surface area contributed by atoms with Gasteiger partial charge >= 0.3 is 0 Å². The average molecular weight is 377 g/mol. The first kappa shape index (κ1) is 19.6. The molecule has 0 radical (unpaired) electrons. The number of hydrogen-bond donors (Lipinski definition) is 2. The van der Waals surface area contributed by atoms with E-state index in [1.54, 1.807) is 0 Å². The summed E-state index contributed by atoms with van der Waals surface area (Å²) < 4.78 is 0. The third-order valence-corrected chi connectivity index (χ3v) is 4.30. The van der Waals surface area contributed by atoms with E-state index in [-0.39, 0.29) is 0 Å². The first-order chi connectivity index (χ1) is 13.5. The van der Waals surface area contributed by atoms with E-state index in [0.717, 1.165) is 41.5 Å². The summed E-state index contributed by atoms with van der Waals surface area (Å²) in [5, 5.41) is 6.73. The molecule has 0 spiro atoms. The number of anilines is 4.